The highest BCUT2D eigenvalue weighted by Gasteiger charge is 2.21. The van der Waals surface area contributed by atoms with Crippen LogP contribution < -0.4 is 19.5 Å². The van der Waals surface area contributed by atoms with Gasteiger partial charge >= 0.3 is 0 Å². The highest BCUT2D eigenvalue weighted by molar-refractivity contribution is 7.89. The van der Waals surface area contributed by atoms with Gasteiger partial charge in [-0.25, -0.2) is 13.1 Å². The van der Waals surface area contributed by atoms with Crippen LogP contribution in [0.4, 0.5) is 5.69 Å². The van der Waals surface area contributed by atoms with E-state index in [2.05, 4.69) is 10.0 Å². The normalized spacial score (nSPS) is 11.0. The fourth-order valence-electron chi connectivity index (χ4n) is 2.87. The van der Waals surface area contributed by atoms with Crippen molar-refractivity contribution in [3.63, 3.8) is 0 Å². The van der Waals surface area contributed by atoms with Gasteiger partial charge in [0.2, 0.25) is 10.0 Å². The number of anilines is 1. The SMILES string of the molecule is CCNS(=O)(=O)c1cc(C(=O)Nc2ccccc2Oc2ccccc2)ccc1OCC. The molecule has 0 aliphatic heterocycles. The Kier molecular flexibility index (Phi) is 7.28. The van der Waals surface area contributed by atoms with Gasteiger partial charge in [-0.3, -0.25) is 4.79 Å². The molecule has 3 rings (SSSR count). The number of nitrogens with one attached hydrogen (secondary N) is 2. The van der Waals surface area contributed by atoms with Crippen LogP contribution in [0.15, 0.2) is 77.7 Å². The zero-order valence-electron chi connectivity index (χ0n) is 17.3. The van der Waals surface area contributed by atoms with E-state index in [0.717, 1.165) is 0 Å². The molecule has 0 heterocycles. The number of para-hydroxylation sites is 3. The van der Waals surface area contributed by atoms with Gasteiger partial charge in [0.25, 0.3) is 5.91 Å². The minimum atomic E-state index is -3.82. The summed E-state index contributed by atoms with van der Waals surface area (Å²) in [5, 5.41) is 2.79. The molecule has 0 aliphatic carbocycles. The highest BCUT2D eigenvalue weighted by atomic mass is 32.2. The second-order valence-corrected chi connectivity index (χ2v) is 8.20. The summed E-state index contributed by atoms with van der Waals surface area (Å²) in [5.41, 5.74) is 0.635. The van der Waals surface area contributed by atoms with Crippen molar-refractivity contribution in [2.24, 2.45) is 0 Å². The van der Waals surface area contributed by atoms with E-state index in [1.54, 1.807) is 38.1 Å². The maximum absolute atomic E-state index is 12.9. The average Bonchev–Trinajstić information content (AvgIpc) is 2.76. The molecular weight excluding hydrogens is 416 g/mol. The van der Waals surface area contributed by atoms with Crippen molar-refractivity contribution in [3.8, 4) is 17.2 Å². The fourth-order valence-corrected chi connectivity index (χ4v) is 4.08. The zero-order valence-corrected chi connectivity index (χ0v) is 18.1. The molecule has 3 aromatic rings. The van der Waals surface area contributed by atoms with E-state index < -0.39 is 15.9 Å². The van der Waals surface area contributed by atoms with Crippen molar-refractivity contribution in [3.05, 3.63) is 78.4 Å². The Morgan fingerprint density at radius 1 is 0.903 bits per heavy atom. The number of sulfonamides is 1. The number of hydrogen-bond donors (Lipinski definition) is 2. The molecule has 31 heavy (non-hydrogen) atoms. The summed E-state index contributed by atoms with van der Waals surface area (Å²) in [6.45, 7) is 3.95. The smallest absolute Gasteiger partial charge is 0.255 e. The Hall–Kier alpha value is -3.36. The summed E-state index contributed by atoms with van der Waals surface area (Å²) >= 11 is 0. The highest BCUT2D eigenvalue weighted by Crippen LogP contribution is 2.30. The Labute approximate surface area is 182 Å². The van der Waals surface area contributed by atoms with Crippen LogP contribution in [0.5, 0.6) is 17.2 Å². The maximum Gasteiger partial charge on any atom is 0.255 e. The van der Waals surface area contributed by atoms with Crippen LogP contribution in [0, 0.1) is 0 Å². The predicted octanol–water partition coefficient (Wildman–Crippen LogP) is 4.43. The van der Waals surface area contributed by atoms with Crippen LogP contribution in [0.1, 0.15) is 24.2 Å². The van der Waals surface area contributed by atoms with E-state index in [-0.39, 0.29) is 22.8 Å². The maximum atomic E-state index is 12.9. The van der Waals surface area contributed by atoms with Gasteiger partial charge in [0.05, 0.1) is 12.3 Å². The van der Waals surface area contributed by atoms with Crippen molar-refractivity contribution < 1.29 is 22.7 Å². The lowest BCUT2D eigenvalue weighted by Crippen LogP contribution is -2.24. The van der Waals surface area contributed by atoms with Crippen molar-refractivity contribution in [1.82, 2.24) is 4.72 Å². The van der Waals surface area contributed by atoms with Crippen LogP contribution in [-0.2, 0) is 10.0 Å². The van der Waals surface area contributed by atoms with Crippen LogP contribution >= 0.6 is 0 Å². The standard InChI is InChI=1S/C23H24N2O5S/c1-3-24-31(27,28)22-16-17(14-15-21(22)29-4-2)23(26)25-19-12-8-9-13-20(19)30-18-10-6-5-7-11-18/h5-16,24H,3-4H2,1-2H3,(H,25,26). The molecule has 1 amide bonds. The minimum Gasteiger partial charge on any atom is -0.492 e. The molecule has 0 saturated heterocycles. The van der Waals surface area contributed by atoms with Crippen molar-refractivity contribution in [2.75, 3.05) is 18.5 Å². The van der Waals surface area contributed by atoms with Gasteiger partial charge in [0.1, 0.15) is 16.4 Å². The summed E-state index contributed by atoms with van der Waals surface area (Å²) in [4.78, 5) is 12.8. The molecule has 0 radical (unpaired) electrons. The molecule has 162 valence electrons. The van der Waals surface area contributed by atoms with E-state index in [1.165, 1.54) is 18.2 Å². The number of ether oxygens (including phenoxy) is 2. The first-order valence-corrected chi connectivity index (χ1v) is 11.3. The Balaban J connectivity index is 1.89. The van der Waals surface area contributed by atoms with Gasteiger partial charge in [0, 0.05) is 12.1 Å². The summed E-state index contributed by atoms with van der Waals surface area (Å²) in [6, 6.07) is 20.5. The van der Waals surface area contributed by atoms with E-state index in [0.29, 0.717) is 23.8 Å². The third-order valence-electron chi connectivity index (χ3n) is 4.24. The van der Waals surface area contributed by atoms with Crippen LogP contribution in [0.25, 0.3) is 0 Å². The van der Waals surface area contributed by atoms with Crippen molar-refractivity contribution in [2.45, 2.75) is 18.7 Å². The molecule has 0 atom stereocenters. The lowest BCUT2D eigenvalue weighted by atomic mass is 10.2. The second-order valence-electron chi connectivity index (χ2n) is 6.46. The quantitative estimate of drug-likeness (QED) is 0.513. The number of amides is 1. The van der Waals surface area contributed by atoms with Gasteiger partial charge in [-0.05, 0) is 49.4 Å². The van der Waals surface area contributed by atoms with Gasteiger partial charge in [-0.1, -0.05) is 37.3 Å². The third kappa shape index (κ3) is 5.62. The van der Waals surface area contributed by atoms with E-state index in [4.69, 9.17) is 9.47 Å². The molecule has 0 aliphatic rings. The van der Waals surface area contributed by atoms with Crippen LogP contribution in [0.3, 0.4) is 0 Å². The number of carbonyl (C=O) groups is 1. The van der Waals surface area contributed by atoms with E-state index in [1.807, 2.05) is 30.3 Å². The Morgan fingerprint density at radius 3 is 2.32 bits per heavy atom. The molecular formula is C23H24N2O5S. The lowest BCUT2D eigenvalue weighted by molar-refractivity contribution is 0.102. The van der Waals surface area contributed by atoms with Gasteiger partial charge < -0.3 is 14.8 Å². The van der Waals surface area contributed by atoms with Crippen molar-refractivity contribution >= 4 is 21.6 Å². The third-order valence-corrected chi connectivity index (χ3v) is 5.80. The first-order valence-electron chi connectivity index (χ1n) is 9.84. The first-order chi connectivity index (χ1) is 14.9. The van der Waals surface area contributed by atoms with Crippen LogP contribution in [0.2, 0.25) is 0 Å². The summed E-state index contributed by atoms with van der Waals surface area (Å²) < 4.78 is 38.9. The van der Waals surface area contributed by atoms with Crippen LogP contribution in [-0.4, -0.2) is 27.5 Å². The summed E-state index contributed by atoms with van der Waals surface area (Å²) in [6.07, 6.45) is 0. The van der Waals surface area contributed by atoms with E-state index in [9.17, 15) is 13.2 Å². The first kappa shape index (κ1) is 22.3. The fraction of sp³-hybridized carbons (Fsp3) is 0.174. The predicted molar refractivity (Wildman–Crippen MR) is 119 cm³/mol. The Morgan fingerprint density at radius 2 is 1.61 bits per heavy atom. The molecule has 0 fully saturated rings. The number of benzene rings is 3. The summed E-state index contributed by atoms with van der Waals surface area (Å²) in [7, 11) is -3.82. The molecule has 0 unspecified atom stereocenters. The molecule has 7 nitrogen and oxygen atoms in total. The van der Waals surface area contributed by atoms with Crippen molar-refractivity contribution in [1.29, 1.82) is 0 Å². The second kappa shape index (κ2) is 10.1. The average molecular weight is 441 g/mol. The van der Waals surface area contributed by atoms with Gasteiger partial charge in [-0.15, -0.1) is 0 Å². The molecule has 0 saturated carbocycles. The summed E-state index contributed by atoms with van der Waals surface area (Å²) in [5.74, 6) is 0.811. The number of hydrogen-bond acceptors (Lipinski definition) is 5. The number of rotatable bonds is 9. The topological polar surface area (TPSA) is 93.7 Å². The zero-order chi connectivity index (χ0) is 22.3. The molecule has 8 heteroatoms. The van der Waals surface area contributed by atoms with E-state index >= 15 is 0 Å². The minimum absolute atomic E-state index is 0.0855. The molecule has 2 N–H and O–H groups in total. The van der Waals surface area contributed by atoms with Gasteiger partial charge in [0.15, 0.2) is 5.75 Å². The lowest BCUT2D eigenvalue weighted by Gasteiger charge is -2.14. The molecule has 0 aromatic heterocycles. The van der Waals surface area contributed by atoms with Gasteiger partial charge in [-0.2, -0.15) is 0 Å². The largest absolute Gasteiger partial charge is 0.492 e. The molecule has 3 aromatic carbocycles. The molecule has 0 spiro atoms. The molecule has 0 bridgehead atoms. The Bertz CT molecular complexity index is 1150. The number of carbonyl (C=O) groups excluding carboxylic acids is 1. The monoisotopic (exact) mass is 440 g/mol.